The standard InChI is InChI=1S/C12H16O4/c1-7-8(2)12(16-4)9(10(14)6-13)5-11(7)15-3/h5,13H,6H2,1-4H3. The summed E-state index contributed by atoms with van der Waals surface area (Å²) in [5.41, 5.74) is 2.12. The van der Waals surface area contributed by atoms with Crippen LogP contribution in [0, 0.1) is 13.8 Å². The van der Waals surface area contributed by atoms with Crippen molar-refractivity contribution in [3.05, 3.63) is 22.8 Å². The zero-order valence-electron chi connectivity index (χ0n) is 9.96. The van der Waals surface area contributed by atoms with Crippen molar-refractivity contribution in [1.29, 1.82) is 0 Å². The van der Waals surface area contributed by atoms with E-state index >= 15 is 0 Å². The Morgan fingerprint density at radius 2 is 1.88 bits per heavy atom. The third-order valence-electron chi connectivity index (χ3n) is 2.66. The predicted molar refractivity (Wildman–Crippen MR) is 60.4 cm³/mol. The number of ketones is 1. The Bertz CT molecular complexity index is 410. The Labute approximate surface area is 94.8 Å². The number of carbonyl (C=O) groups is 1. The van der Waals surface area contributed by atoms with Crippen molar-refractivity contribution in [3.63, 3.8) is 0 Å². The number of aliphatic hydroxyl groups is 1. The minimum Gasteiger partial charge on any atom is -0.496 e. The molecule has 4 nitrogen and oxygen atoms in total. The van der Waals surface area contributed by atoms with Gasteiger partial charge in [-0.15, -0.1) is 0 Å². The zero-order chi connectivity index (χ0) is 12.3. The molecular weight excluding hydrogens is 208 g/mol. The fraction of sp³-hybridized carbons (Fsp3) is 0.417. The van der Waals surface area contributed by atoms with Crippen molar-refractivity contribution in [3.8, 4) is 11.5 Å². The number of carbonyl (C=O) groups excluding carboxylic acids is 1. The third-order valence-corrected chi connectivity index (χ3v) is 2.66. The van der Waals surface area contributed by atoms with E-state index in [1.165, 1.54) is 7.11 Å². The van der Waals surface area contributed by atoms with Crippen LogP contribution in [-0.4, -0.2) is 31.7 Å². The van der Waals surface area contributed by atoms with Gasteiger partial charge in [0.05, 0.1) is 19.8 Å². The molecule has 0 heterocycles. The molecule has 0 radical (unpaired) electrons. The Hall–Kier alpha value is -1.55. The Balaban J connectivity index is 3.47. The Kier molecular flexibility index (Phi) is 3.90. The molecule has 16 heavy (non-hydrogen) atoms. The number of hydrogen-bond donors (Lipinski definition) is 1. The first-order valence-electron chi connectivity index (χ1n) is 4.93. The zero-order valence-corrected chi connectivity index (χ0v) is 9.96. The highest BCUT2D eigenvalue weighted by Crippen LogP contribution is 2.33. The summed E-state index contributed by atoms with van der Waals surface area (Å²) >= 11 is 0. The van der Waals surface area contributed by atoms with Crippen molar-refractivity contribution in [2.75, 3.05) is 20.8 Å². The number of Topliss-reactive ketones (excluding diaryl/α,β-unsaturated/α-hetero) is 1. The van der Waals surface area contributed by atoms with E-state index in [9.17, 15) is 4.79 Å². The van der Waals surface area contributed by atoms with Gasteiger partial charge in [-0.25, -0.2) is 0 Å². The van der Waals surface area contributed by atoms with E-state index in [1.54, 1.807) is 13.2 Å². The molecule has 0 atom stereocenters. The van der Waals surface area contributed by atoms with Crippen LogP contribution in [0.25, 0.3) is 0 Å². The van der Waals surface area contributed by atoms with Gasteiger partial charge in [0.15, 0.2) is 5.78 Å². The van der Waals surface area contributed by atoms with Crippen molar-refractivity contribution in [2.45, 2.75) is 13.8 Å². The Morgan fingerprint density at radius 3 is 2.31 bits per heavy atom. The van der Waals surface area contributed by atoms with E-state index in [2.05, 4.69) is 0 Å². The SMILES string of the molecule is COc1cc(C(=O)CO)c(OC)c(C)c1C. The van der Waals surface area contributed by atoms with Crippen LogP contribution in [0.4, 0.5) is 0 Å². The number of benzene rings is 1. The van der Waals surface area contributed by atoms with Gasteiger partial charge in [0, 0.05) is 0 Å². The van der Waals surface area contributed by atoms with Gasteiger partial charge in [-0.3, -0.25) is 4.79 Å². The highest BCUT2D eigenvalue weighted by Gasteiger charge is 2.18. The molecule has 0 saturated heterocycles. The normalized spacial score (nSPS) is 10.1. The minimum atomic E-state index is -0.540. The molecule has 1 rings (SSSR count). The van der Waals surface area contributed by atoms with Crippen LogP contribution in [0.2, 0.25) is 0 Å². The van der Waals surface area contributed by atoms with Crippen LogP contribution < -0.4 is 9.47 Å². The van der Waals surface area contributed by atoms with Crippen LogP contribution in [-0.2, 0) is 0 Å². The predicted octanol–water partition coefficient (Wildman–Crippen LogP) is 1.50. The number of rotatable bonds is 4. The lowest BCUT2D eigenvalue weighted by Gasteiger charge is -2.15. The molecule has 0 fully saturated rings. The lowest BCUT2D eigenvalue weighted by atomic mass is 10.0. The first-order valence-corrected chi connectivity index (χ1v) is 4.93. The molecule has 88 valence electrons. The summed E-state index contributed by atoms with van der Waals surface area (Å²) in [4.78, 5) is 11.5. The van der Waals surface area contributed by atoms with E-state index in [-0.39, 0.29) is 5.78 Å². The first-order chi connectivity index (χ1) is 7.56. The van der Waals surface area contributed by atoms with E-state index in [0.717, 1.165) is 11.1 Å². The summed E-state index contributed by atoms with van der Waals surface area (Å²) < 4.78 is 10.4. The number of methoxy groups -OCH3 is 2. The number of ether oxygens (including phenoxy) is 2. The molecule has 0 aliphatic carbocycles. The topological polar surface area (TPSA) is 55.8 Å². The maximum absolute atomic E-state index is 11.5. The molecule has 1 N–H and O–H groups in total. The summed E-state index contributed by atoms with van der Waals surface area (Å²) in [7, 11) is 3.05. The maximum Gasteiger partial charge on any atom is 0.192 e. The molecule has 1 aromatic carbocycles. The second-order valence-corrected chi connectivity index (χ2v) is 3.49. The molecular formula is C12H16O4. The lowest BCUT2D eigenvalue weighted by Crippen LogP contribution is -2.09. The van der Waals surface area contributed by atoms with Gasteiger partial charge >= 0.3 is 0 Å². The average molecular weight is 224 g/mol. The second-order valence-electron chi connectivity index (χ2n) is 3.49. The molecule has 0 saturated carbocycles. The summed E-state index contributed by atoms with van der Waals surface area (Å²) in [6.07, 6.45) is 0. The van der Waals surface area contributed by atoms with Crippen LogP contribution in [0.5, 0.6) is 11.5 Å². The van der Waals surface area contributed by atoms with Crippen molar-refractivity contribution in [2.24, 2.45) is 0 Å². The molecule has 0 aliphatic rings. The highest BCUT2D eigenvalue weighted by atomic mass is 16.5. The Morgan fingerprint density at radius 1 is 1.25 bits per heavy atom. The molecule has 0 amide bonds. The van der Waals surface area contributed by atoms with Crippen molar-refractivity contribution in [1.82, 2.24) is 0 Å². The summed E-state index contributed by atoms with van der Waals surface area (Å²) in [5.74, 6) is 0.741. The highest BCUT2D eigenvalue weighted by molar-refractivity contribution is 6.00. The van der Waals surface area contributed by atoms with E-state index < -0.39 is 6.61 Å². The number of aliphatic hydroxyl groups excluding tert-OH is 1. The molecule has 0 aromatic heterocycles. The summed E-state index contributed by atoms with van der Waals surface area (Å²) in [6, 6.07) is 1.60. The van der Waals surface area contributed by atoms with Gasteiger partial charge in [-0.2, -0.15) is 0 Å². The molecule has 0 bridgehead atoms. The maximum atomic E-state index is 11.5. The van der Waals surface area contributed by atoms with Crippen molar-refractivity contribution >= 4 is 5.78 Å². The quantitative estimate of drug-likeness (QED) is 0.787. The van der Waals surface area contributed by atoms with E-state index in [0.29, 0.717) is 17.1 Å². The smallest absolute Gasteiger partial charge is 0.192 e. The average Bonchev–Trinajstić information content (AvgIpc) is 2.31. The van der Waals surface area contributed by atoms with Crippen LogP contribution in [0.1, 0.15) is 21.5 Å². The van der Waals surface area contributed by atoms with Gasteiger partial charge in [0.1, 0.15) is 18.1 Å². The van der Waals surface area contributed by atoms with Gasteiger partial charge in [-0.05, 0) is 31.0 Å². The van der Waals surface area contributed by atoms with Gasteiger partial charge in [-0.1, -0.05) is 0 Å². The van der Waals surface area contributed by atoms with E-state index in [4.69, 9.17) is 14.6 Å². The van der Waals surface area contributed by atoms with Gasteiger partial charge in [0.2, 0.25) is 0 Å². The van der Waals surface area contributed by atoms with Gasteiger partial charge in [0.25, 0.3) is 0 Å². The monoisotopic (exact) mass is 224 g/mol. The molecule has 0 spiro atoms. The second kappa shape index (κ2) is 4.99. The fourth-order valence-corrected chi connectivity index (χ4v) is 1.63. The number of hydrogen-bond acceptors (Lipinski definition) is 4. The fourth-order valence-electron chi connectivity index (χ4n) is 1.63. The van der Waals surface area contributed by atoms with E-state index in [1.807, 2.05) is 13.8 Å². The first kappa shape index (κ1) is 12.5. The summed E-state index contributed by atoms with van der Waals surface area (Å²) in [5, 5.41) is 8.89. The third kappa shape index (κ3) is 2.02. The largest absolute Gasteiger partial charge is 0.496 e. The molecule has 1 aromatic rings. The van der Waals surface area contributed by atoms with Crippen LogP contribution >= 0.6 is 0 Å². The molecule has 4 heteroatoms. The lowest BCUT2D eigenvalue weighted by molar-refractivity contribution is 0.0900. The van der Waals surface area contributed by atoms with Crippen molar-refractivity contribution < 1.29 is 19.4 Å². The molecule has 0 unspecified atom stereocenters. The van der Waals surface area contributed by atoms with Crippen LogP contribution in [0.3, 0.4) is 0 Å². The summed E-state index contributed by atoms with van der Waals surface area (Å²) in [6.45, 7) is 3.21. The van der Waals surface area contributed by atoms with Gasteiger partial charge < -0.3 is 14.6 Å². The molecule has 0 aliphatic heterocycles. The minimum absolute atomic E-state index is 0.352. The van der Waals surface area contributed by atoms with Crippen LogP contribution in [0.15, 0.2) is 6.07 Å².